The van der Waals surface area contributed by atoms with Gasteiger partial charge in [0.2, 0.25) is 0 Å². The van der Waals surface area contributed by atoms with E-state index in [0.29, 0.717) is 32.1 Å². The van der Waals surface area contributed by atoms with Gasteiger partial charge in [-0.25, -0.2) is 4.57 Å². The van der Waals surface area contributed by atoms with Crippen molar-refractivity contribution >= 4 is 15.6 Å². The molecule has 2 N–H and O–H groups in total. The van der Waals surface area contributed by atoms with Gasteiger partial charge in [0.25, 0.3) is 0 Å². The lowest BCUT2D eigenvalue weighted by Crippen LogP contribution is -2.23. The van der Waals surface area contributed by atoms with Crippen molar-refractivity contribution < 1.29 is 37.8 Å². The van der Waals surface area contributed by atoms with Crippen molar-refractivity contribution in [1.29, 1.82) is 0 Å². The molecule has 0 bridgehead atoms. The van der Waals surface area contributed by atoms with Crippen LogP contribution in [0.5, 0.6) is 0 Å². The maximum absolute atomic E-state index is 10.6. The second-order valence-corrected chi connectivity index (χ2v) is 6.83. The van der Waals surface area contributed by atoms with Gasteiger partial charge < -0.3 is 28.7 Å². The third-order valence-electron chi connectivity index (χ3n) is 2.59. The number of rotatable bonds is 12. The molecule has 0 saturated heterocycles. The van der Waals surface area contributed by atoms with Gasteiger partial charge in [0.1, 0.15) is 0 Å². The Balaban J connectivity index is 3.84. The molecule has 0 radical (unpaired) electrons. The summed E-state index contributed by atoms with van der Waals surface area (Å²) in [5.41, 5.74) is 0. The molecule has 1 unspecified atom stereocenters. The molecule has 0 aromatic heterocycles. The molecule has 0 aliphatic heterocycles. The summed E-state index contributed by atoms with van der Waals surface area (Å²) in [7, 11) is -9.39. The van der Waals surface area contributed by atoms with Gasteiger partial charge in [0.15, 0.2) is 0 Å². The van der Waals surface area contributed by atoms with Gasteiger partial charge >= 0.3 is 7.82 Å². The van der Waals surface area contributed by atoms with E-state index >= 15 is 0 Å². The summed E-state index contributed by atoms with van der Waals surface area (Å²) in [5, 5.41) is 0. The van der Waals surface area contributed by atoms with Crippen LogP contribution in [0.15, 0.2) is 0 Å². The SMILES string of the molecule is CCCCC(CCCCCOP(=O)(O)O)OP(=O)([O-])[O-]. The molecule has 10 heteroatoms. The third-order valence-corrected chi connectivity index (χ3v) is 3.66. The van der Waals surface area contributed by atoms with Crippen molar-refractivity contribution in [2.45, 2.75) is 58.0 Å². The predicted octanol–water partition coefficient (Wildman–Crippen LogP) is 1.06. The van der Waals surface area contributed by atoms with Crippen molar-refractivity contribution in [3.05, 3.63) is 0 Å². The van der Waals surface area contributed by atoms with E-state index in [0.717, 1.165) is 12.8 Å². The first-order chi connectivity index (χ1) is 9.14. The lowest BCUT2D eigenvalue weighted by Gasteiger charge is -2.33. The predicted molar refractivity (Wildman–Crippen MR) is 68.5 cm³/mol. The molecule has 0 aromatic carbocycles. The zero-order valence-electron chi connectivity index (χ0n) is 11.5. The van der Waals surface area contributed by atoms with Crippen LogP contribution in [0.1, 0.15) is 51.9 Å². The minimum atomic E-state index is -4.97. The van der Waals surface area contributed by atoms with Crippen LogP contribution in [-0.2, 0) is 18.2 Å². The molecule has 1 atom stereocenters. The summed E-state index contributed by atoms with van der Waals surface area (Å²) in [6.45, 7) is 1.89. The second kappa shape index (κ2) is 10.0. The Morgan fingerprint density at radius 1 is 1.05 bits per heavy atom. The number of unbranched alkanes of at least 4 members (excludes halogenated alkanes) is 3. The minimum Gasteiger partial charge on any atom is -0.790 e. The molecule has 0 fully saturated rings. The van der Waals surface area contributed by atoms with Crippen LogP contribution in [-0.4, -0.2) is 22.5 Å². The van der Waals surface area contributed by atoms with E-state index in [9.17, 15) is 18.9 Å². The highest BCUT2D eigenvalue weighted by Crippen LogP contribution is 2.36. The molecule has 20 heavy (non-hydrogen) atoms. The smallest absolute Gasteiger partial charge is 0.469 e. The fraction of sp³-hybridized carbons (Fsp3) is 1.00. The van der Waals surface area contributed by atoms with Crippen molar-refractivity contribution in [2.24, 2.45) is 0 Å². The summed E-state index contributed by atoms with van der Waals surface area (Å²) in [6.07, 6.45) is 3.60. The van der Waals surface area contributed by atoms with Crippen LogP contribution in [0.3, 0.4) is 0 Å². The summed E-state index contributed by atoms with van der Waals surface area (Å²) < 4.78 is 29.8. The van der Waals surface area contributed by atoms with E-state index in [1.54, 1.807) is 0 Å². The van der Waals surface area contributed by atoms with Gasteiger partial charge in [0.05, 0.1) is 20.5 Å². The van der Waals surface area contributed by atoms with Crippen molar-refractivity contribution in [3.8, 4) is 0 Å². The molecule has 0 aromatic rings. The molecule has 0 heterocycles. The average Bonchev–Trinajstić information content (AvgIpc) is 2.27. The Morgan fingerprint density at radius 2 is 1.65 bits per heavy atom. The highest BCUT2D eigenvalue weighted by atomic mass is 31.2. The first-order valence-electron chi connectivity index (χ1n) is 6.54. The first-order valence-corrected chi connectivity index (χ1v) is 9.53. The largest absolute Gasteiger partial charge is 0.790 e. The maximum atomic E-state index is 10.6. The summed E-state index contributed by atoms with van der Waals surface area (Å²) >= 11 is 0. The monoisotopic (exact) mass is 332 g/mol. The first kappa shape index (κ1) is 20.2. The Labute approximate surface area is 119 Å². The molecule has 0 amide bonds. The highest BCUT2D eigenvalue weighted by Gasteiger charge is 2.13. The lowest BCUT2D eigenvalue weighted by molar-refractivity contribution is -0.345. The van der Waals surface area contributed by atoms with Crippen LogP contribution >= 0.6 is 15.6 Å². The van der Waals surface area contributed by atoms with Gasteiger partial charge in [0, 0.05) is 0 Å². The Kier molecular flexibility index (Phi) is 10.1. The van der Waals surface area contributed by atoms with Crippen molar-refractivity contribution in [1.82, 2.24) is 0 Å². The zero-order valence-corrected chi connectivity index (χ0v) is 13.3. The van der Waals surface area contributed by atoms with Gasteiger partial charge in [-0.2, -0.15) is 0 Å². The maximum Gasteiger partial charge on any atom is 0.469 e. The number of phosphoric acid groups is 2. The zero-order chi connectivity index (χ0) is 15.6. The van der Waals surface area contributed by atoms with Crippen molar-refractivity contribution in [2.75, 3.05) is 6.61 Å². The van der Waals surface area contributed by atoms with Gasteiger partial charge in [-0.1, -0.05) is 32.6 Å². The molecule has 0 aliphatic rings. The normalized spacial score (nSPS) is 14.4. The van der Waals surface area contributed by atoms with Crippen LogP contribution in [0.2, 0.25) is 0 Å². The number of phosphoric ester groups is 2. The standard InChI is InChI=1S/C10H24O8P2/c1-2-3-7-10(18-20(14,15)16)8-5-4-6-9-17-19(11,12)13/h10H,2-9H2,1H3,(H2,11,12,13)(H2,14,15,16)/p-2. The van der Waals surface area contributed by atoms with E-state index in [2.05, 4.69) is 9.05 Å². The van der Waals surface area contributed by atoms with E-state index < -0.39 is 21.7 Å². The average molecular weight is 332 g/mol. The minimum absolute atomic E-state index is 0.0631. The number of hydrogen-bond donors (Lipinski definition) is 2. The Hall–Kier alpha value is 0.220. The highest BCUT2D eigenvalue weighted by molar-refractivity contribution is 7.46. The Bertz CT molecular complexity index is 336. The summed E-state index contributed by atoms with van der Waals surface area (Å²) in [4.78, 5) is 38.1. The molecule has 122 valence electrons. The molecule has 0 rings (SSSR count). The topological polar surface area (TPSA) is 139 Å². The van der Waals surface area contributed by atoms with E-state index in [-0.39, 0.29) is 6.61 Å². The van der Waals surface area contributed by atoms with Gasteiger partial charge in [-0.15, -0.1) is 0 Å². The summed E-state index contributed by atoms with van der Waals surface area (Å²) in [6, 6.07) is 0. The van der Waals surface area contributed by atoms with E-state index in [1.165, 1.54) is 0 Å². The molecule has 8 nitrogen and oxygen atoms in total. The second-order valence-electron chi connectivity index (χ2n) is 4.49. The number of hydrogen-bond acceptors (Lipinski definition) is 6. The molecule has 0 aliphatic carbocycles. The fourth-order valence-corrected chi connectivity index (χ4v) is 2.64. The lowest BCUT2D eigenvalue weighted by atomic mass is 10.1. The molecule has 0 spiro atoms. The van der Waals surface area contributed by atoms with Crippen LogP contribution in [0, 0.1) is 0 Å². The molecular weight excluding hydrogens is 310 g/mol. The van der Waals surface area contributed by atoms with Crippen LogP contribution < -0.4 is 9.79 Å². The molecular formula is C10H22O8P2-2. The fourth-order valence-electron chi connectivity index (χ4n) is 1.70. The van der Waals surface area contributed by atoms with E-state index in [4.69, 9.17) is 9.79 Å². The van der Waals surface area contributed by atoms with Gasteiger partial charge in [-0.05, 0) is 19.3 Å². The quantitative estimate of drug-likeness (QED) is 0.399. The van der Waals surface area contributed by atoms with Gasteiger partial charge in [-0.3, -0.25) is 4.52 Å². The van der Waals surface area contributed by atoms with E-state index in [1.807, 2.05) is 6.92 Å². The summed E-state index contributed by atoms with van der Waals surface area (Å²) in [5.74, 6) is 0. The van der Waals surface area contributed by atoms with Crippen LogP contribution in [0.25, 0.3) is 0 Å². The molecule has 0 saturated carbocycles. The van der Waals surface area contributed by atoms with Crippen molar-refractivity contribution in [3.63, 3.8) is 0 Å². The van der Waals surface area contributed by atoms with Crippen LogP contribution in [0.4, 0.5) is 0 Å². The Morgan fingerprint density at radius 3 is 2.15 bits per heavy atom. The third kappa shape index (κ3) is 14.6.